The van der Waals surface area contributed by atoms with Crippen LogP contribution in [0.3, 0.4) is 0 Å². The van der Waals surface area contributed by atoms with Gasteiger partial charge in [-0.1, -0.05) is 44.2 Å². The number of thioether (sulfide) groups is 1. The molecule has 0 radical (unpaired) electrons. The van der Waals surface area contributed by atoms with Crippen LogP contribution in [0, 0.1) is 5.82 Å². The second kappa shape index (κ2) is 6.61. The van der Waals surface area contributed by atoms with Gasteiger partial charge < -0.3 is 0 Å². The molecule has 0 aromatic heterocycles. The summed E-state index contributed by atoms with van der Waals surface area (Å²) in [6.45, 7) is 3.92. The van der Waals surface area contributed by atoms with Crippen molar-refractivity contribution in [2.24, 2.45) is 0 Å². The molecule has 122 valence electrons. The van der Waals surface area contributed by atoms with Crippen LogP contribution >= 0.6 is 11.8 Å². The first-order valence-electron chi connectivity index (χ1n) is 7.59. The average Bonchev–Trinajstić information content (AvgIpc) is 2.79. The van der Waals surface area contributed by atoms with Crippen molar-refractivity contribution in [1.82, 2.24) is 0 Å². The largest absolute Gasteiger partial charge is 0.272 e. The minimum Gasteiger partial charge on any atom is -0.268 e. The molecule has 2 amide bonds. The van der Waals surface area contributed by atoms with E-state index in [9.17, 15) is 14.0 Å². The fourth-order valence-corrected chi connectivity index (χ4v) is 3.52. The van der Waals surface area contributed by atoms with Crippen LogP contribution in [0.5, 0.6) is 0 Å². The molecule has 3 nitrogen and oxygen atoms in total. The van der Waals surface area contributed by atoms with Crippen molar-refractivity contribution in [3.05, 3.63) is 70.9 Å². The summed E-state index contributed by atoms with van der Waals surface area (Å²) in [6, 6.07) is 14.5. The zero-order valence-electron chi connectivity index (χ0n) is 13.3. The fourth-order valence-electron chi connectivity index (χ4n) is 2.54. The number of para-hydroxylation sites is 1. The zero-order chi connectivity index (χ0) is 17.3. The van der Waals surface area contributed by atoms with Gasteiger partial charge in [0.1, 0.15) is 5.82 Å². The van der Waals surface area contributed by atoms with Crippen molar-refractivity contribution < 1.29 is 14.0 Å². The van der Waals surface area contributed by atoms with Gasteiger partial charge in [0.2, 0.25) is 0 Å². The molecule has 1 heterocycles. The van der Waals surface area contributed by atoms with Gasteiger partial charge in [-0.15, -0.1) is 11.8 Å². The highest BCUT2D eigenvalue weighted by Gasteiger charge is 2.40. The highest BCUT2D eigenvalue weighted by Crippen LogP contribution is 2.39. The second-order valence-electron chi connectivity index (χ2n) is 5.66. The molecule has 0 saturated heterocycles. The minimum atomic E-state index is -0.380. The van der Waals surface area contributed by atoms with Crippen LogP contribution in [0.1, 0.15) is 19.4 Å². The lowest BCUT2D eigenvalue weighted by molar-refractivity contribution is -0.119. The van der Waals surface area contributed by atoms with E-state index in [2.05, 4.69) is 0 Å². The number of carbonyl (C=O) groups excluding carboxylic acids is 2. The molecule has 3 rings (SSSR count). The quantitative estimate of drug-likeness (QED) is 0.780. The summed E-state index contributed by atoms with van der Waals surface area (Å²) in [7, 11) is 0. The summed E-state index contributed by atoms with van der Waals surface area (Å²) < 4.78 is 13.2. The van der Waals surface area contributed by atoms with E-state index in [0.717, 1.165) is 0 Å². The molecule has 24 heavy (non-hydrogen) atoms. The highest BCUT2D eigenvalue weighted by molar-refractivity contribution is 8.04. The van der Waals surface area contributed by atoms with Gasteiger partial charge in [-0.2, -0.15) is 0 Å². The Morgan fingerprint density at radius 3 is 2.12 bits per heavy atom. The number of rotatable bonds is 4. The Labute approximate surface area is 144 Å². The molecular weight excluding hydrogens is 325 g/mol. The molecule has 2 aromatic carbocycles. The molecule has 0 spiro atoms. The number of halogens is 1. The van der Waals surface area contributed by atoms with Crippen LogP contribution in [-0.4, -0.2) is 17.1 Å². The standard InChI is InChI=1S/C19H16FNO2S/c1-12(2)24-17-16(13-8-10-14(20)11-9-13)18(22)21(19(17)23)15-6-4-3-5-7-15/h3-12H,1-2H3. The summed E-state index contributed by atoms with van der Waals surface area (Å²) >= 11 is 1.35. The van der Waals surface area contributed by atoms with Gasteiger partial charge in [-0.25, -0.2) is 9.29 Å². The molecule has 0 unspecified atom stereocenters. The van der Waals surface area contributed by atoms with Crippen LogP contribution in [0.25, 0.3) is 5.57 Å². The Bertz CT molecular complexity index is 813. The lowest BCUT2D eigenvalue weighted by Gasteiger charge is -2.15. The summed E-state index contributed by atoms with van der Waals surface area (Å²) in [5.41, 5.74) is 1.42. The Balaban J connectivity index is 2.10. The Morgan fingerprint density at radius 1 is 0.917 bits per heavy atom. The number of hydrogen-bond donors (Lipinski definition) is 0. The summed E-state index contributed by atoms with van der Waals surface area (Å²) in [6.07, 6.45) is 0. The molecule has 0 aliphatic carbocycles. The van der Waals surface area contributed by atoms with Crippen LogP contribution in [-0.2, 0) is 9.59 Å². The number of carbonyl (C=O) groups is 2. The molecule has 0 saturated carbocycles. The van der Waals surface area contributed by atoms with Crippen LogP contribution in [0.2, 0.25) is 0 Å². The Morgan fingerprint density at radius 2 is 1.54 bits per heavy atom. The van der Waals surface area contributed by atoms with Crippen molar-refractivity contribution in [2.45, 2.75) is 19.1 Å². The van der Waals surface area contributed by atoms with Crippen molar-refractivity contribution in [1.29, 1.82) is 0 Å². The third kappa shape index (κ3) is 2.99. The van der Waals surface area contributed by atoms with E-state index < -0.39 is 0 Å². The first-order valence-corrected chi connectivity index (χ1v) is 8.47. The highest BCUT2D eigenvalue weighted by atomic mass is 32.2. The summed E-state index contributed by atoms with van der Waals surface area (Å²) in [5.74, 6) is -1.08. The molecule has 0 fully saturated rings. The molecule has 2 aromatic rings. The number of anilines is 1. The lowest BCUT2D eigenvalue weighted by atomic mass is 10.1. The molecule has 0 bridgehead atoms. The SMILES string of the molecule is CC(C)SC1=C(c2ccc(F)cc2)C(=O)N(c2ccccc2)C1=O. The predicted octanol–water partition coefficient (Wildman–Crippen LogP) is 4.25. The van der Waals surface area contributed by atoms with E-state index in [1.807, 2.05) is 19.9 Å². The molecule has 1 aliphatic rings. The van der Waals surface area contributed by atoms with Gasteiger partial charge in [-0.05, 0) is 29.8 Å². The van der Waals surface area contributed by atoms with Gasteiger partial charge >= 0.3 is 0 Å². The third-order valence-electron chi connectivity index (χ3n) is 3.54. The number of imide groups is 1. The number of benzene rings is 2. The van der Waals surface area contributed by atoms with Crippen LogP contribution in [0.15, 0.2) is 59.5 Å². The monoisotopic (exact) mass is 341 g/mol. The van der Waals surface area contributed by atoms with E-state index in [1.54, 1.807) is 24.3 Å². The van der Waals surface area contributed by atoms with E-state index in [1.165, 1.54) is 40.9 Å². The molecule has 0 N–H and O–H groups in total. The smallest absolute Gasteiger partial charge is 0.268 e. The van der Waals surface area contributed by atoms with Gasteiger partial charge in [0, 0.05) is 5.25 Å². The third-order valence-corrected chi connectivity index (χ3v) is 4.63. The normalized spacial score (nSPS) is 14.9. The van der Waals surface area contributed by atoms with Crippen molar-refractivity contribution in [3.63, 3.8) is 0 Å². The number of amides is 2. The summed E-state index contributed by atoms with van der Waals surface area (Å²) in [4.78, 5) is 27.4. The zero-order valence-corrected chi connectivity index (χ0v) is 14.1. The average molecular weight is 341 g/mol. The van der Waals surface area contributed by atoms with Gasteiger partial charge in [0.05, 0.1) is 16.2 Å². The van der Waals surface area contributed by atoms with E-state index in [0.29, 0.717) is 21.7 Å². The lowest BCUT2D eigenvalue weighted by Crippen LogP contribution is -2.31. The molecule has 1 aliphatic heterocycles. The maximum Gasteiger partial charge on any atom is 0.272 e. The Hall–Kier alpha value is -2.40. The van der Waals surface area contributed by atoms with E-state index >= 15 is 0 Å². The maximum atomic E-state index is 13.2. The van der Waals surface area contributed by atoms with Gasteiger partial charge in [0.25, 0.3) is 11.8 Å². The minimum absolute atomic E-state index is 0.142. The molecular formula is C19H16FNO2S. The molecule has 5 heteroatoms. The van der Waals surface area contributed by atoms with Crippen LogP contribution in [0.4, 0.5) is 10.1 Å². The van der Waals surface area contributed by atoms with Crippen molar-refractivity contribution in [3.8, 4) is 0 Å². The number of nitrogens with zero attached hydrogens (tertiary/aromatic N) is 1. The van der Waals surface area contributed by atoms with Crippen molar-refractivity contribution in [2.75, 3.05) is 4.90 Å². The summed E-state index contributed by atoms with van der Waals surface area (Å²) in [5, 5.41) is 0.142. The Kier molecular flexibility index (Phi) is 4.53. The topological polar surface area (TPSA) is 37.4 Å². The van der Waals surface area contributed by atoms with Crippen molar-refractivity contribution >= 4 is 34.8 Å². The van der Waals surface area contributed by atoms with E-state index in [-0.39, 0.29) is 22.9 Å². The molecule has 0 atom stereocenters. The van der Waals surface area contributed by atoms with Gasteiger partial charge in [0.15, 0.2) is 0 Å². The fraction of sp³-hybridized carbons (Fsp3) is 0.158. The first kappa shape index (κ1) is 16.5. The predicted molar refractivity (Wildman–Crippen MR) is 95.0 cm³/mol. The van der Waals surface area contributed by atoms with E-state index in [4.69, 9.17) is 0 Å². The number of hydrogen-bond acceptors (Lipinski definition) is 3. The van der Waals surface area contributed by atoms with Crippen LogP contribution < -0.4 is 4.90 Å². The van der Waals surface area contributed by atoms with Gasteiger partial charge in [-0.3, -0.25) is 9.59 Å². The first-order chi connectivity index (χ1) is 11.5. The second-order valence-corrected chi connectivity index (χ2v) is 7.25. The maximum absolute atomic E-state index is 13.2.